The van der Waals surface area contributed by atoms with Crippen LogP contribution in [0.2, 0.25) is 0 Å². The van der Waals surface area contributed by atoms with Gasteiger partial charge in [0, 0.05) is 11.1 Å². The third-order valence-corrected chi connectivity index (χ3v) is 1.02. The van der Waals surface area contributed by atoms with Gasteiger partial charge in [0.15, 0.2) is 0 Å². The Morgan fingerprint density at radius 1 is 1.67 bits per heavy atom. The van der Waals surface area contributed by atoms with Crippen LogP contribution >= 0.6 is 23.5 Å². The Kier molecular flexibility index (Phi) is 9.56. The van der Waals surface area contributed by atoms with Gasteiger partial charge in [0.25, 0.3) is 0 Å². The summed E-state index contributed by atoms with van der Waals surface area (Å²) < 4.78 is 3.78. The Morgan fingerprint density at radius 3 is 2.22 bits per heavy atom. The zero-order valence-corrected chi connectivity index (χ0v) is 5.66. The van der Waals surface area contributed by atoms with Gasteiger partial charge in [0.2, 0.25) is 0 Å². The third-order valence-electron chi connectivity index (χ3n) is 0.556. The van der Waals surface area contributed by atoms with E-state index in [1.807, 2.05) is 0 Å². The van der Waals surface area contributed by atoms with Crippen molar-refractivity contribution in [1.82, 2.24) is 0 Å². The van der Waals surface area contributed by atoms with Crippen molar-refractivity contribution in [1.29, 1.82) is 0 Å². The average molecular weight is 179 g/mol. The van der Waals surface area contributed by atoms with E-state index in [1.54, 1.807) is 0 Å². The number of rotatable bonds is 1. The molecule has 9 heavy (non-hydrogen) atoms. The summed E-state index contributed by atoms with van der Waals surface area (Å²) in [6, 6.07) is 0. The Hall–Kier alpha value is 0.790. The topological polar surface area (TPSA) is 26.3 Å². The molecule has 0 aromatic heterocycles. The monoisotopic (exact) mass is 178 g/mol. The van der Waals surface area contributed by atoms with Gasteiger partial charge in [-0.25, -0.2) is 4.79 Å². The van der Waals surface area contributed by atoms with Crippen LogP contribution in [0.25, 0.3) is 0 Å². The number of hydrogen-bond acceptors (Lipinski definition) is 2. The molecule has 0 aliphatic rings. The van der Waals surface area contributed by atoms with Crippen molar-refractivity contribution in [3.63, 3.8) is 0 Å². The van der Waals surface area contributed by atoms with Gasteiger partial charge in [-0.15, -0.1) is 0 Å². The van der Waals surface area contributed by atoms with Gasteiger partial charge in [-0.3, -0.25) is 0 Å². The van der Waals surface area contributed by atoms with Crippen molar-refractivity contribution in [3.8, 4) is 0 Å². The molecule has 0 fully saturated rings. The van der Waals surface area contributed by atoms with Crippen LogP contribution < -0.4 is 0 Å². The van der Waals surface area contributed by atoms with E-state index in [2.05, 4.69) is 16.2 Å². The van der Waals surface area contributed by atoms with Gasteiger partial charge in [0.05, 0.1) is 0 Å². The van der Waals surface area contributed by atoms with Gasteiger partial charge in [-0.2, -0.15) is 0 Å². The molecular formula is C4H5Cl2NaO2. The van der Waals surface area contributed by atoms with E-state index in [0.29, 0.717) is 0 Å². The van der Waals surface area contributed by atoms with Crippen molar-refractivity contribution >= 4 is 59.0 Å². The molecule has 0 aromatic carbocycles. The first-order valence-electron chi connectivity index (χ1n) is 1.82. The summed E-state index contributed by atoms with van der Waals surface area (Å²) >= 11 is 9.78. The van der Waals surface area contributed by atoms with E-state index in [4.69, 9.17) is 11.6 Å². The van der Waals surface area contributed by atoms with E-state index in [1.165, 1.54) is 6.92 Å². The van der Waals surface area contributed by atoms with Crippen molar-refractivity contribution < 1.29 is 9.08 Å². The van der Waals surface area contributed by atoms with E-state index in [9.17, 15) is 4.79 Å². The maximum atomic E-state index is 10.2. The fraction of sp³-hybridized carbons (Fsp3) is 0.250. The Bertz CT molecular complexity index is 124. The molecule has 5 heteroatoms. The second kappa shape index (κ2) is 6.90. The molecule has 0 heterocycles. The van der Waals surface area contributed by atoms with Gasteiger partial charge in [0.1, 0.15) is 11.9 Å². The fourth-order valence-corrected chi connectivity index (χ4v) is 0.316. The van der Waals surface area contributed by atoms with Crippen LogP contribution in [0.15, 0.2) is 11.1 Å². The number of carbonyl (C=O) groups excluding carboxylic acids is 1. The molecule has 0 saturated carbocycles. The molecule has 0 spiro atoms. The van der Waals surface area contributed by atoms with Gasteiger partial charge in [-0.05, 0) is 6.92 Å². The van der Waals surface area contributed by atoms with Crippen LogP contribution in [0.5, 0.6) is 0 Å². The molecule has 0 aliphatic heterocycles. The molecule has 2 nitrogen and oxygen atoms in total. The van der Waals surface area contributed by atoms with E-state index >= 15 is 0 Å². The van der Waals surface area contributed by atoms with Crippen LogP contribution in [-0.2, 0) is 9.08 Å². The van der Waals surface area contributed by atoms with Crippen molar-refractivity contribution in [2.45, 2.75) is 6.92 Å². The van der Waals surface area contributed by atoms with Crippen LogP contribution in [-0.4, -0.2) is 35.5 Å². The van der Waals surface area contributed by atoms with Crippen molar-refractivity contribution in [2.24, 2.45) is 0 Å². The standard InChI is InChI=1S/C4H4Cl2O2.Na.H/c1-3(2-5)4(7)8-6;;/h2H,1H3;;. The molecule has 48 valence electrons. The molecule has 0 N–H and O–H groups in total. The molecule has 0 aliphatic carbocycles. The summed E-state index contributed by atoms with van der Waals surface area (Å²) in [6.07, 6.45) is 0. The molecule has 0 unspecified atom stereocenters. The van der Waals surface area contributed by atoms with E-state index in [0.717, 1.165) is 5.54 Å². The number of halogens is 2. The minimum absolute atomic E-state index is 0. The van der Waals surface area contributed by atoms with E-state index in [-0.39, 0.29) is 35.1 Å². The van der Waals surface area contributed by atoms with Gasteiger partial charge >= 0.3 is 35.5 Å². The zero-order valence-electron chi connectivity index (χ0n) is 4.15. The molecule has 0 rings (SSSR count). The predicted octanol–water partition coefficient (Wildman–Crippen LogP) is 1.18. The van der Waals surface area contributed by atoms with Crippen LogP contribution in [0, 0.1) is 0 Å². The molecule has 0 bridgehead atoms. The normalized spacial score (nSPS) is 9.89. The molecule has 0 saturated heterocycles. The molecule has 0 aromatic rings. The first-order valence-corrected chi connectivity index (χ1v) is 2.56. The van der Waals surface area contributed by atoms with Crippen LogP contribution in [0.4, 0.5) is 0 Å². The first kappa shape index (κ1) is 12.5. The molecular weight excluding hydrogens is 174 g/mol. The maximum absolute atomic E-state index is 10.2. The third kappa shape index (κ3) is 5.25. The quantitative estimate of drug-likeness (QED) is 0.446. The minimum atomic E-state index is -0.623. The Morgan fingerprint density at radius 2 is 2.11 bits per heavy atom. The van der Waals surface area contributed by atoms with E-state index < -0.39 is 5.97 Å². The summed E-state index contributed by atoms with van der Waals surface area (Å²) in [7, 11) is 0. The Labute approximate surface area is 85.6 Å². The predicted molar refractivity (Wildman–Crippen MR) is 38.7 cm³/mol. The van der Waals surface area contributed by atoms with Crippen molar-refractivity contribution in [3.05, 3.63) is 11.1 Å². The van der Waals surface area contributed by atoms with Crippen molar-refractivity contribution in [2.75, 3.05) is 0 Å². The van der Waals surface area contributed by atoms with Crippen LogP contribution in [0.1, 0.15) is 6.92 Å². The second-order valence-corrected chi connectivity index (χ2v) is 1.53. The first-order chi connectivity index (χ1) is 3.72. The summed E-state index contributed by atoms with van der Waals surface area (Å²) in [6.45, 7) is 1.50. The molecule has 0 atom stereocenters. The summed E-state index contributed by atoms with van der Waals surface area (Å²) in [5.41, 5.74) is 1.38. The van der Waals surface area contributed by atoms with Crippen LogP contribution in [0.3, 0.4) is 0 Å². The second-order valence-electron chi connectivity index (χ2n) is 1.16. The average Bonchev–Trinajstić information content (AvgIpc) is 1.84. The SMILES string of the molecule is CC(=CCl)C(=O)OCl.[NaH]. The summed E-state index contributed by atoms with van der Waals surface area (Å²) in [5, 5.41) is 0. The number of hydrogen-bond donors (Lipinski definition) is 0. The molecule has 0 radical (unpaired) electrons. The number of carbonyl (C=O) groups is 1. The fourth-order valence-electron chi connectivity index (χ4n) is 0.105. The summed E-state index contributed by atoms with van der Waals surface area (Å²) in [4.78, 5) is 10.2. The van der Waals surface area contributed by atoms with Gasteiger partial charge in [-0.1, -0.05) is 11.6 Å². The van der Waals surface area contributed by atoms with Gasteiger partial charge < -0.3 is 4.29 Å². The molecule has 0 amide bonds. The Balaban J connectivity index is 0. The summed E-state index contributed by atoms with van der Waals surface area (Å²) in [5.74, 6) is -0.623. The zero-order chi connectivity index (χ0) is 6.57.